The third-order valence-corrected chi connectivity index (χ3v) is 16.2. The van der Waals surface area contributed by atoms with Gasteiger partial charge in [0.15, 0.2) is 0 Å². The van der Waals surface area contributed by atoms with Gasteiger partial charge in [-0.3, -0.25) is 0 Å². The van der Waals surface area contributed by atoms with E-state index < -0.39 is 0 Å². The van der Waals surface area contributed by atoms with E-state index >= 15 is 0 Å². The maximum absolute atomic E-state index is 2.50. The topological polar surface area (TPSA) is 0 Å². The molecule has 0 aromatic heterocycles. The van der Waals surface area contributed by atoms with E-state index in [0.717, 1.165) is 0 Å². The van der Waals surface area contributed by atoms with Gasteiger partial charge in [-0.1, -0.05) is 135 Å². The normalized spacial score (nSPS) is 11.8. The van der Waals surface area contributed by atoms with E-state index in [-0.39, 0.29) is 0 Å². The second-order valence-corrected chi connectivity index (χ2v) is 18.7. The maximum atomic E-state index is 2.50. The van der Waals surface area contributed by atoms with Gasteiger partial charge in [0.2, 0.25) is 0 Å². The molecule has 0 nitrogen and oxygen atoms in total. The molecule has 0 saturated heterocycles. The van der Waals surface area contributed by atoms with Crippen molar-refractivity contribution in [1.82, 2.24) is 0 Å². The van der Waals surface area contributed by atoms with E-state index in [1.54, 1.807) is 0 Å². The number of hydrogen-bond acceptors (Lipinski definition) is 0. The lowest BCUT2D eigenvalue weighted by Gasteiger charge is -2.32. The van der Waals surface area contributed by atoms with Crippen molar-refractivity contribution in [3.8, 4) is 33.4 Å². The molecule has 0 aliphatic heterocycles. The monoisotopic (exact) mass is 774 g/mol. The summed E-state index contributed by atoms with van der Waals surface area (Å²) in [5.74, 6) is 0. The second-order valence-electron chi connectivity index (χ2n) is 18.7. The molecule has 0 N–H and O–H groups in total. The largest absolute Gasteiger partial charge is 0.139 e. The minimum Gasteiger partial charge on any atom is -0.101 e. The Morgan fingerprint density at radius 2 is 0.565 bits per heavy atom. The lowest BCUT2D eigenvalue weighted by atomic mass is 9.57. The zero-order valence-corrected chi connectivity index (χ0v) is 39.2. The van der Waals surface area contributed by atoms with E-state index in [1.807, 2.05) is 0 Å². The van der Waals surface area contributed by atoms with Gasteiger partial charge >= 0.3 is 0 Å². The Bertz CT molecular complexity index is 3600. The molecular weight excluding hydrogens is 728 g/mol. The number of benzene rings is 10. The molecule has 10 rings (SSSR count). The molecule has 0 radical (unpaired) electrons. The Balaban J connectivity index is 1.54. The Kier molecular flexibility index (Phi) is 9.60. The van der Waals surface area contributed by atoms with Gasteiger partial charge in [-0.25, -0.2) is 0 Å². The Hall–Kier alpha value is -5.33. The molecule has 10 aromatic rings. The van der Waals surface area contributed by atoms with Crippen molar-refractivity contribution in [2.45, 2.75) is 0 Å². The predicted molar refractivity (Wildman–Crippen MR) is 322 cm³/mol. The molecule has 0 spiro atoms. The van der Waals surface area contributed by atoms with E-state index in [4.69, 9.17) is 0 Å². The summed E-state index contributed by atoms with van der Waals surface area (Å²) in [5, 5.41) is 16.1. The van der Waals surface area contributed by atoms with Crippen molar-refractivity contribution in [2.75, 3.05) is 0 Å². The van der Waals surface area contributed by atoms with E-state index in [1.165, 1.54) is 174 Å². The third-order valence-electron chi connectivity index (χ3n) is 16.2. The van der Waals surface area contributed by atoms with Crippen LogP contribution in [-0.2, 0) is 0 Å². The van der Waals surface area contributed by atoms with Gasteiger partial charge in [-0.2, -0.15) is 0 Å². The molecule has 0 aliphatic rings. The minimum atomic E-state index is 1.28. The van der Waals surface area contributed by atoms with Crippen LogP contribution in [0.15, 0.2) is 97.1 Å². The predicted octanol–water partition coefficient (Wildman–Crippen LogP) is -10.8. The lowest BCUT2D eigenvalue weighted by Crippen LogP contribution is -2.50. The average Bonchev–Trinajstić information content (AvgIpc) is 3.29. The summed E-state index contributed by atoms with van der Waals surface area (Å²) in [6, 6.07) is 36.4. The Morgan fingerprint density at radius 1 is 0.210 bits per heavy atom. The first-order valence-electron chi connectivity index (χ1n) is 22.6. The highest BCUT2D eigenvalue weighted by molar-refractivity contribution is 6.73. The molecule has 0 aliphatic carbocycles. The van der Waals surface area contributed by atoms with Crippen molar-refractivity contribution >= 4 is 251 Å². The van der Waals surface area contributed by atoms with Crippen molar-refractivity contribution in [3.63, 3.8) is 0 Å². The van der Waals surface area contributed by atoms with Crippen LogP contribution in [-0.4, -0.2) is 110 Å². The summed E-state index contributed by atoms with van der Waals surface area (Å²) < 4.78 is 0. The van der Waals surface area contributed by atoms with Gasteiger partial charge in [0.1, 0.15) is 110 Å². The van der Waals surface area contributed by atoms with E-state index in [9.17, 15) is 0 Å². The summed E-state index contributed by atoms with van der Waals surface area (Å²) in [6.45, 7) is 0. The van der Waals surface area contributed by atoms with Gasteiger partial charge < -0.3 is 0 Å². The van der Waals surface area contributed by atoms with Gasteiger partial charge in [0.25, 0.3) is 0 Å². The van der Waals surface area contributed by atoms with Gasteiger partial charge in [-0.05, 0) is 104 Å². The zero-order valence-electron chi connectivity index (χ0n) is 39.2. The summed E-state index contributed by atoms with van der Waals surface area (Å²) in [6.07, 6.45) is 0. The van der Waals surface area contributed by atoms with Gasteiger partial charge in [0.05, 0.1) is 0 Å². The van der Waals surface area contributed by atoms with Gasteiger partial charge in [0, 0.05) is 0 Å². The van der Waals surface area contributed by atoms with Crippen LogP contribution in [0.3, 0.4) is 0 Å². The Morgan fingerprint density at radius 3 is 1.08 bits per heavy atom. The van der Waals surface area contributed by atoms with Crippen LogP contribution in [0.4, 0.5) is 0 Å². The molecule has 0 heterocycles. The van der Waals surface area contributed by atoms with Crippen LogP contribution in [0.5, 0.6) is 0 Å². The fourth-order valence-electron chi connectivity index (χ4n) is 11.7. The fourth-order valence-corrected chi connectivity index (χ4v) is 11.7. The molecule has 10 aromatic carbocycles. The van der Waals surface area contributed by atoms with Crippen LogP contribution in [0, 0.1) is 0 Å². The summed E-state index contributed by atoms with van der Waals surface area (Å²) in [7, 11) is 33.3. The smallest absolute Gasteiger partial charge is 0.101 e. The molecule has 0 bridgehead atoms. The van der Waals surface area contributed by atoms with Crippen molar-refractivity contribution in [2.24, 2.45) is 0 Å². The number of rotatable bonds is 3. The van der Waals surface area contributed by atoms with Crippen LogP contribution in [0.2, 0.25) is 0 Å². The fraction of sp³-hybridized carbons (Fsp3) is 0. The molecular formula is C48H44B14. The maximum Gasteiger partial charge on any atom is 0.139 e. The molecule has 278 valence electrons. The van der Waals surface area contributed by atoms with E-state index in [2.05, 4.69) is 207 Å². The highest BCUT2D eigenvalue weighted by Gasteiger charge is 2.30. The molecule has 0 unspecified atom stereocenters. The number of fused-ring (bicyclic) bond motifs is 7. The molecule has 0 atom stereocenters. The van der Waals surface area contributed by atoms with Crippen LogP contribution >= 0.6 is 0 Å². The zero-order chi connectivity index (χ0) is 43.8. The molecule has 62 heavy (non-hydrogen) atoms. The second kappa shape index (κ2) is 14.6. The van der Waals surface area contributed by atoms with Gasteiger partial charge in [-0.15, -0.1) is 32.8 Å². The first kappa shape index (κ1) is 40.7. The minimum absolute atomic E-state index is 1.28. The lowest BCUT2D eigenvalue weighted by molar-refractivity contribution is 1.73. The summed E-state index contributed by atoms with van der Waals surface area (Å²) >= 11 is 0. The van der Waals surface area contributed by atoms with Crippen LogP contribution in [0.1, 0.15) is 0 Å². The van der Waals surface area contributed by atoms with Crippen molar-refractivity contribution in [1.29, 1.82) is 0 Å². The van der Waals surface area contributed by atoms with Crippen molar-refractivity contribution in [3.05, 3.63) is 97.1 Å². The molecule has 14 heteroatoms. The molecule has 0 fully saturated rings. The molecule has 0 saturated carbocycles. The Labute approximate surface area is 379 Å². The number of hydrogen-bond donors (Lipinski definition) is 0. The average molecular weight is 772 g/mol. The summed E-state index contributed by atoms with van der Waals surface area (Å²) in [5.41, 5.74) is 27.5. The van der Waals surface area contributed by atoms with E-state index in [0.29, 0.717) is 0 Å². The molecule has 0 amide bonds. The SMILES string of the molecule is Bc1c(B)c(B)c2c(-c3c4c(B)c(B)c(B)c(B)c4c(-c4cc5ccccc5c5ccccc45)c4c(B)c(B)c(B)c(B)c34)c(B)c(B)c(-c3cccc4ccccc34)c2c1B. The third kappa shape index (κ3) is 5.47. The van der Waals surface area contributed by atoms with Crippen LogP contribution < -0.4 is 76.5 Å². The van der Waals surface area contributed by atoms with Crippen LogP contribution in [0.25, 0.3) is 98.0 Å². The quantitative estimate of drug-likeness (QED) is 0.0953. The standard InChI is InChI=1S/C48H44B14/c49-35-26(23-15-7-10-17-8-1-3-11-19(17)23)30-34(42(56)48(62)45(59)39(30)53)33(36(35)50)27-31-28(37(51)43(57)46(60)40(31)54)25(29-32(27)41(55)47(61)44(58)38(29)52)24-16-18-9-2-4-12-20(18)21-13-5-6-14-22(21)24/h1-16H,49-62H2. The first-order valence-corrected chi connectivity index (χ1v) is 22.6. The van der Waals surface area contributed by atoms with Crippen molar-refractivity contribution < 1.29 is 0 Å². The summed E-state index contributed by atoms with van der Waals surface area (Å²) in [4.78, 5) is 0. The highest BCUT2D eigenvalue weighted by atomic mass is 14.3. The highest BCUT2D eigenvalue weighted by Crippen LogP contribution is 2.45. The first-order chi connectivity index (χ1) is 29.7.